The van der Waals surface area contributed by atoms with Gasteiger partial charge in [0.1, 0.15) is 0 Å². The van der Waals surface area contributed by atoms with Crippen LogP contribution in [0.1, 0.15) is 47.7 Å². The van der Waals surface area contributed by atoms with E-state index < -0.39 is 0 Å². The molecule has 0 aliphatic rings. The molecule has 0 aliphatic carbocycles. The van der Waals surface area contributed by atoms with Crippen LogP contribution in [0.25, 0.3) is 0 Å². The third-order valence-electron chi connectivity index (χ3n) is 4.33. The van der Waals surface area contributed by atoms with Gasteiger partial charge >= 0.3 is 0 Å². The molecule has 1 N–H and O–H groups in total. The van der Waals surface area contributed by atoms with Gasteiger partial charge in [-0.3, -0.25) is 4.79 Å². The van der Waals surface area contributed by atoms with Crippen molar-refractivity contribution >= 4 is 5.91 Å². The Morgan fingerprint density at radius 1 is 0.960 bits per heavy atom. The molecule has 0 spiro atoms. The van der Waals surface area contributed by atoms with Crippen LogP contribution in [0.5, 0.6) is 0 Å². The van der Waals surface area contributed by atoms with Crippen LogP contribution in [0, 0.1) is 0 Å². The molecule has 0 saturated carbocycles. The fourth-order valence-electron chi connectivity index (χ4n) is 2.83. The number of unbranched alkanes of at least 4 members (excludes halogenated alkanes) is 1. The minimum absolute atomic E-state index is 0.0211. The molecule has 134 valence electrons. The Hall–Kier alpha value is -2.13. The minimum Gasteiger partial charge on any atom is -0.352 e. The van der Waals surface area contributed by atoms with E-state index in [0.717, 1.165) is 31.5 Å². The topological polar surface area (TPSA) is 32.3 Å². The standard InChI is InChI=1S/C22H30N2O/c1-3-4-9-19-12-14-21(15-13-19)22(25)23-16-8-17-24(2)18-20-10-6-5-7-11-20/h5-7,10-15H,3-4,8-9,16-18H2,1-2H3,(H,23,25). The summed E-state index contributed by atoms with van der Waals surface area (Å²) in [5.41, 5.74) is 3.37. The van der Waals surface area contributed by atoms with E-state index in [0.29, 0.717) is 6.54 Å². The van der Waals surface area contributed by atoms with Crippen LogP contribution in [0.15, 0.2) is 54.6 Å². The first-order valence-corrected chi connectivity index (χ1v) is 9.28. The van der Waals surface area contributed by atoms with Crippen LogP contribution < -0.4 is 5.32 Å². The Morgan fingerprint density at radius 3 is 2.36 bits per heavy atom. The molecule has 0 fully saturated rings. The van der Waals surface area contributed by atoms with E-state index in [9.17, 15) is 4.79 Å². The third-order valence-corrected chi connectivity index (χ3v) is 4.33. The van der Waals surface area contributed by atoms with Crippen molar-refractivity contribution in [3.8, 4) is 0 Å². The highest BCUT2D eigenvalue weighted by Crippen LogP contribution is 2.08. The lowest BCUT2D eigenvalue weighted by Gasteiger charge is -2.16. The van der Waals surface area contributed by atoms with Crippen molar-refractivity contribution in [2.24, 2.45) is 0 Å². The van der Waals surface area contributed by atoms with Crippen molar-refractivity contribution in [2.75, 3.05) is 20.1 Å². The highest BCUT2D eigenvalue weighted by Gasteiger charge is 2.05. The molecule has 0 aliphatic heterocycles. The molecular weight excluding hydrogens is 308 g/mol. The Balaban J connectivity index is 1.66. The van der Waals surface area contributed by atoms with E-state index in [1.54, 1.807) is 0 Å². The van der Waals surface area contributed by atoms with Gasteiger partial charge in [0.2, 0.25) is 0 Å². The van der Waals surface area contributed by atoms with Gasteiger partial charge in [-0.15, -0.1) is 0 Å². The first-order valence-electron chi connectivity index (χ1n) is 9.28. The van der Waals surface area contributed by atoms with Gasteiger partial charge in [0.15, 0.2) is 0 Å². The largest absolute Gasteiger partial charge is 0.352 e. The number of benzene rings is 2. The maximum atomic E-state index is 12.2. The molecule has 3 heteroatoms. The summed E-state index contributed by atoms with van der Waals surface area (Å²) in [5.74, 6) is 0.0211. The van der Waals surface area contributed by atoms with Crippen LogP contribution >= 0.6 is 0 Å². The molecule has 25 heavy (non-hydrogen) atoms. The van der Waals surface area contributed by atoms with Gasteiger partial charge in [0, 0.05) is 18.7 Å². The van der Waals surface area contributed by atoms with E-state index in [1.165, 1.54) is 24.0 Å². The predicted octanol–water partition coefficient (Wildman–Crippen LogP) is 4.28. The molecule has 0 aromatic heterocycles. The Kier molecular flexibility index (Phi) is 8.20. The molecule has 0 radical (unpaired) electrons. The van der Waals surface area contributed by atoms with Gasteiger partial charge in [0.05, 0.1) is 0 Å². The predicted molar refractivity (Wildman–Crippen MR) is 105 cm³/mol. The lowest BCUT2D eigenvalue weighted by molar-refractivity contribution is 0.0952. The summed E-state index contributed by atoms with van der Waals surface area (Å²) in [6.07, 6.45) is 4.43. The fraction of sp³-hybridized carbons (Fsp3) is 0.409. The second-order valence-electron chi connectivity index (χ2n) is 6.63. The molecule has 0 saturated heterocycles. The van der Waals surface area contributed by atoms with Crippen LogP contribution in [0.4, 0.5) is 0 Å². The smallest absolute Gasteiger partial charge is 0.251 e. The lowest BCUT2D eigenvalue weighted by atomic mass is 10.1. The number of amides is 1. The summed E-state index contributed by atoms with van der Waals surface area (Å²) in [4.78, 5) is 14.5. The molecule has 1 amide bonds. The van der Waals surface area contributed by atoms with Crippen molar-refractivity contribution in [1.82, 2.24) is 10.2 Å². The zero-order chi connectivity index (χ0) is 17.9. The number of nitrogens with zero attached hydrogens (tertiary/aromatic N) is 1. The Bertz CT molecular complexity index is 622. The molecule has 2 rings (SSSR count). The number of hydrogen-bond donors (Lipinski definition) is 1. The summed E-state index contributed by atoms with van der Waals surface area (Å²) in [7, 11) is 2.11. The molecule has 2 aromatic rings. The number of aryl methyl sites for hydroxylation is 1. The van der Waals surface area contributed by atoms with Gasteiger partial charge in [-0.2, -0.15) is 0 Å². The third kappa shape index (κ3) is 7.10. The number of nitrogens with one attached hydrogen (secondary N) is 1. The van der Waals surface area contributed by atoms with Gasteiger partial charge < -0.3 is 10.2 Å². The first kappa shape index (κ1) is 19.2. The monoisotopic (exact) mass is 338 g/mol. The zero-order valence-corrected chi connectivity index (χ0v) is 15.5. The SMILES string of the molecule is CCCCc1ccc(C(=O)NCCCN(C)Cc2ccccc2)cc1. The highest BCUT2D eigenvalue weighted by molar-refractivity contribution is 5.94. The highest BCUT2D eigenvalue weighted by atomic mass is 16.1. The summed E-state index contributed by atoms with van der Waals surface area (Å²) in [5, 5.41) is 3.02. The summed E-state index contributed by atoms with van der Waals surface area (Å²) in [6, 6.07) is 18.5. The molecule has 2 aromatic carbocycles. The van der Waals surface area contributed by atoms with Crippen molar-refractivity contribution in [3.05, 3.63) is 71.3 Å². The van der Waals surface area contributed by atoms with Crippen molar-refractivity contribution in [2.45, 2.75) is 39.2 Å². The van der Waals surface area contributed by atoms with Gasteiger partial charge in [-0.25, -0.2) is 0 Å². The molecule has 0 atom stereocenters. The van der Waals surface area contributed by atoms with Crippen LogP contribution in [-0.4, -0.2) is 30.9 Å². The number of hydrogen-bond acceptors (Lipinski definition) is 2. The first-order chi connectivity index (χ1) is 12.2. The number of carbonyl (C=O) groups is 1. The van der Waals surface area contributed by atoms with Gasteiger partial charge in [0.25, 0.3) is 5.91 Å². The normalized spacial score (nSPS) is 10.8. The van der Waals surface area contributed by atoms with E-state index in [1.807, 2.05) is 18.2 Å². The van der Waals surface area contributed by atoms with E-state index in [-0.39, 0.29) is 5.91 Å². The second-order valence-corrected chi connectivity index (χ2v) is 6.63. The summed E-state index contributed by atoms with van der Waals surface area (Å²) >= 11 is 0. The average Bonchev–Trinajstić information content (AvgIpc) is 2.64. The quantitative estimate of drug-likeness (QED) is 0.656. The fourth-order valence-corrected chi connectivity index (χ4v) is 2.83. The van der Waals surface area contributed by atoms with Gasteiger partial charge in [-0.1, -0.05) is 55.8 Å². The molecular formula is C22H30N2O. The molecule has 0 bridgehead atoms. The molecule has 3 nitrogen and oxygen atoms in total. The molecule has 0 unspecified atom stereocenters. The lowest BCUT2D eigenvalue weighted by Crippen LogP contribution is -2.28. The van der Waals surface area contributed by atoms with Crippen molar-refractivity contribution < 1.29 is 4.79 Å². The Morgan fingerprint density at radius 2 is 1.68 bits per heavy atom. The second kappa shape index (κ2) is 10.7. The van der Waals surface area contributed by atoms with E-state index in [4.69, 9.17) is 0 Å². The Labute approximate surface area is 152 Å². The van der Waals surface area contributed by atoms with Crippen LogP contribution in [0.2, 0.25) is 0 Å². The molecule has 0 heterocycles. The minimum atomic E-state index is 0.0211. The maximum absolute atomic E-state index is 12.2. The van der Waals surface area contributed by atoms with Crippen molar-refractivity contribution in [3.63, 3.8) is 0 Å². The van der Waals surface area contributed by atoms with Crippen LogP contribution in [-0.2, 0) is 13.0 Å². The van der Waals surface area contributed by atoms with E-state index >= 15 is 0 Å². The average molecular weight is 338 g/mol. The summed E-state index contributed by atoms with van der Waals surface area (Å²) < 4.78 is 0. The maximum Gasteiger partial charge on any atom is 0.251 e. The van der Waals surface area contributed by atoms with Gasteiger partial charge in [-0.05, 0) is 56.1 Å². The number of carbonyl (C=O) groups excluding carboxylic acids is 1. The number of rotatable bonds is 10. The zero-order valence-electron chi connectivity index (χ0n) is 15.5. The van der Waals surface area contributed by atoms with E-state index in [2.05, 4.69) is 60.6 Å². The summed E-state index contributed by atoms with van der Waals surface area (Å²) in [6.45, 7) is 4.80. The van der Waals surface area contributed by atoms with Crippen LogP contribution in [0.3, 0.4) is 0 Å². The van der Waals surface area contributed by atoms with Crippen molar-refractivity contribution in [1.29, 1.82) is 0 Å².